The molecule has 0 saturated heterocycles. The maximum Gasteiger partial charge on any atom is 0.274 e. The van der Waals surface area contributed by atoms with Crippen molar-refractivity contribution >= 4 is 34.8 Å². The van der Waals surface area contributed by atoms with Gasteiger partial charge in [0.1, 0.15) is 17.7 Å². The van der Waals surface area contributed by atoms with E-state index in [0.29, 0.717) is 5.69 Å². The predicted octanol–water partition coefficient (Wildman–Crippen LogP) is 1.77. The second kappa shape index (κ2) is 4.68. The zero-order chi connectivity index (χ0) is 12.4. The van der Waals surface area contributed by atoms with E-state index in [1.165, 1.54) is 17.2 Å². The van der Waals surface area contributed by atoms with Crippen molar-refractivity contribution in [1.29, 1.82) is 0 Å². The Morgan fingerprint density at radius 3 is 2.53 bits per heavy atom. The summed E-state index contributed by atoms with van der Waals surface area (Å²) >= 11 is 11.6. The highest BCUT2D eigenvalue weighted by Crippen LogP contribution is 2.25. The van der Waals surface area contributed by atoms with Crippen LogP contribution in [0.2, 0.25) is 10.3 Å². The Morgan fingerprint density at radius 1 is 1.35 bits per heavy atom. The lowest BCUT2D eigenvalue weighted by molar-refractivity contribution is 0.101. The summed E-state index contributed by atoms with van der Waals surface area (Å²) in [6.45, 7) is 0. The lowest BCUT2D eigenvalue weighted by Crippen LogP contribution is -2.17. The van der Waals surface area contributed by atoms with Crippen LogP contribution in [0.4, 0.5) is 5.69 Å². The second-order valence-electron chi connectivity index (χ2n) is 3.12. The first-order chi connectivity index (χ1) is 8.09. The summed E-state index contributed by atoms with van der Waals surface area (Å²) in [6.07, 6.45) is 2.73. The standard InChI is InChI=1S/C9H7Cl2N5O/c1-16-5(2-3-14-16)9(17)15-6-7(10)12-4-13-8(6)11/h2-4H,1H3,(H,15,17). The molecule has 1 amide bonds. The summed E-state index contributed by atoms with van der Waals surface area (Å²) in [4.78, 5) is 19.3. The highest BCUT2D eigenvalue weighted by Gasteiger charge is 2.15. The minimum atomic E-state index is -0.386. The molecule has 0 aliphatic rings. The van der Waals surface area contributed by atoms with Crippen molar-refractivity contribution in [3.63, 3.8) is 0 Å². The molecule has 0 unspecified atom stereocenters. The number of carbonyl (C=O) groups is 1. The van der Waals surface area contributed by atoms with Crippen molar-refractivity contribution in [2.75, 3.05) is 5.32 Å². The Labute approximate surface area is 107 Å². The molecule has 0 aromatic carbocycles. The zero-order valence-electron chi connectivity index (χ0n) is 8.69. The third kappa shape index (κ3) is 2.37. The number of rotatable bonds is 2. The van der Waals surface area contributed by atoms with Crippen LogP contribution in [0.5, 0.6) is 0 Å². The molecule has 17 heavy (non-hydrogen) atoms. The summed E-state index contributed by atoms with van der Waals surface area (Å²) < 4.78 is 1.43. The number of hydrogen-bond acceptors (Lipinski definition) is 4. The molecular formula is C9H7Cl2N5O. The van der Waals surface area contributed by atoms with Crippen LogP contribution in [0.1, 0.15) is 10.5 Å². The van der Waals surface area contributed by atoms with Crippen molar-refractivity contribution in [2.45, 2.75) is 0 Å². The van der Waals surface area contributed by atoms with Gasteiger partial charge in [-0.15, -0.1) is 0 Å². The van der Waals surface area contributed by atoms with Gasteiger partial charge in [0, 0.05) is 13.2 Å². The molecule has 6 nitrogen and oxygen atoms in total. The topological polar surface area (TPSA) is 72.7 Å². The van der Waals surface area contributed by atoms with Crippen LogP contribution in [0.15, 0.2) is 18.6 Å². The van der Waals surface area contributed by atoms with Crippen molar-refractivity contribution < 1.29 is 4.79 Å². The van der Waals surface area contributed by atoms with Gasteiger partial charge in [-0.2, -0.15) is 5.10 Å². The number of carbonyl (C=O) groups excluding carboxylic acids is 1. The van der Waals surface area contributed by atoms with Crippen molar-refractivity contribution in [3.05, 3.63) is 34.6 Å². The molecule has 1 N–H and O–H groups in total. The summed E-state index contributed by atoms with van der Waals surface area (Å²) in [7, 11) is 1.65. The third-order valence-electron chi connectivity index (χ3n) is 2.05. The zero-order valence-corrected chi connectivity index (χ0v) is 10.2. The number of anilines is 1. The summed E-state index contributed by atoms with van der Waals surface area (Å²) in [5.74, 6) is -0.386. The number of nitrogens with zero attached hydrogens (tertiary/aromatic N) is 4. The Kier molecular flexibility index (Phi) is 3.26. The first-order valence-corrected chi connectivity index (χ1v) is 5.30. The van der Waals surface area contributed by atoms with Gasteiger partial charge in [-0.3, -0.25) is 9.48 Å². The molecule has 0 aliphatic carbocycles. The first-order valence-electron chi connectivity index (χ1n) is 4.55. The van der Waals surface area contributed by atoms with Gasteiger partial charge < -0.3 is 5.32 Å². The lowest BCUT2D eigenvalue weighted by atomic mass is 10.4. The smallest absolute Gasteiger partial charge is 0.274 e. The fourth-order valence-electron chi connectivity index (χ4n) is 1.22. The van der Waals surface area contributed by atoms with E-state index in [4.69, 9.17) is 23.2 Å². The minimum absolute atomic E-state index is 0.0838. The van der Waals surface area contributed by atoms with Crippen LogP contribution in [-0.4, -0.2) is 25.7 Å². The van der Waals surface area contributed by atoms with E-state index < -0.39 is 0 Å². The quantitative estimate of drug-likeness (QED) is 0.845. The molecule has 0 bridgehead atoms. The van der Waals surface area contributed by atoms with Gasteiger partial charge in [-0.05, 0) is 6.07 Å². The maximum atomic E-state index is 11.9. The summed E-state index contributed by atoms with van der Waals surface area (Å²) in [6, 6.07) is 1.57. The number of hydrogen-bond donors (Lipinski definition) is 1. The van der Waals surface area contributed by atoms with Gasteiger partial charge >= 0.3 is 0 Å². The molecule has 0 aliphatic heterocycles. The molecule has 2 heterocycles. The van der Waals surface area contributed by atoms with E-state index in [9.17, 15) is 4.79 Å². The molecule has 2 aromatic rings. The van der Waals surface area contributed by atoms with Crippen molar-refractivity contribution in [2.24, 2.45) is 7.05 Å². The molecular weight excluding hydrogens is 265 g/mol. The van der Waals surface area contributed by atoms with Gasteiger partial charge in [0.15, 0.2) is 10.3 Å². The largest absolute Gasteiger partial charge is 0.315 e. The lowest BCUT2D eigenvalue weighted by Gasteiger charge is -2.07. The molecule has 2 aromatic heterocycles. The van der Waals surface area contributed by atoms with Crippen molar-refractivity contribution in [1.82, 2.24) is 19.7 Å². The van der Waals surface area contributed by atoms with E-state index in [-0.39, 0.29) is 21.9 Å². The monoisotopic (exact) mass is 271 g/mol. The first kappa shape index (κ1) is 11.8. The molecule has 88 valence electrons. The van der Waals surface area contributed by atoms with Crippen molar-refractivity contribution in [3.8, 4) is 0 Å². The molecule has 0 saturated carbocycles. The second-order valence-corrected chi connectivity index (χ2v) is 3.84. The molecule has 0 atom stereocenters. The molecule has 8 heteroatoms. The molecule has 2 rings (SSSR count). The fourth-order valence-corrected chi connectivity index (χ4v) is 1.63. The Morgan fingerprint density at radius 2 is 2.00 bits per heavy atom. The maximum absolute atomic E-state index is 11.9. The summed E-state index contributed by atoms with van der Waals surface area (Å²) in [5, 5.41) is 6.58. The average molecular weight is 272 g/mol. The number of amides is 1. The van der Waals surface area contributed by atoms with Crippen LogP contribution < -0.4 is 5.32 Å². The van der Waals surface area contributed by atoms with E-state index in [1.54, 1.807) is 13.1 Å². The van der Waals surface area contributed by atoms with Crippen LogP contribution in [0.25, 0.3) is 0 Å². The van der Waals surface area contributed by atoms with Crippen LogP contribution >= 0.6 is 23.2 Å². The number of aromatic nitrogens is 4. The van der Waals surface area contributed by atoms with Gasteiger partial charge in [0.25, 0.3) is 5.91 Å². The van der Waals surface area contributed by atoms with Crippen LogP contribution in [0, 0.1) is 0 Å². The van der Waals surface area contributed by atoms with E-state index in [1.807, 2.05) is 0 Å². The molecule has 0 spiro atoms. The van der Waals surface area contributed by atoms with Crippen LogP contribution in [-0.2, 0) is 7.05 Å². The normalized spacial score (nSPS) is 10.3. The van der Waals surface area contributed by atoms with Gasteiger partial charge in [-0.1, -0.05) is 23.2 Å². The Balaban J connectivity index is 2.28. The van der Waals surface area contributed by atoms with E-state index in [0.717, 1.165) is 0 Å². The molecule has 0 radical (unpaired) electrons. The van der Waals surface area contributed by atoms with E-state index in [2.05, 4.69) is 20.4 Å². The molecule has 0 fully saturated rings. The highest BCUT2D eigenvalue weighted by atomic mass is 35.5. The SMILES string of the molecule is Cn1nccc1C(=O)Nc1c(Cl)ncnc1Cl. The minimum Gasteiger partial charge on any atom is -0.315 e. The average Bonchev–Trinajstić information content (AvgIpc) is 2.70. The highest BCUT2D eigenvalue weighted by molar-refractivity contribution is 6.38. The van der Waals surface area contributed by atoms with Crippen LogP contribution in [0.3, 0.4) is 0 Å². The van der Waals surface area contributed by atoms with E-state index >= 15 is 0 Å². The number of aryl methyl sites for hydroxylation is 1. The number of nitrogens with one attached hydrogen (secondary N) is 1. The van der Waals surface area contributed by atoms with Gasteiger partial charge in [-0.25, -0.2) is 9.97 Å². The summed E-state index contributed by atoms with van der Waals surface area (Å²) in [5.41, 5.74) is 0.558. The van der Waals surface area contributed by atoms with Gasteiger partial charge in [0.2, 0.25) is 0 Å². The fraction of sp³-hybridized carbons (Fsp3) is 0.111. The third-order valence-corrected chi connectivity index (χ3v) is 2.62. The predicted molar refractivity (Wildman–Crippen MR) is 63.2 cm³/mol. The Hall–Kier alpha value is -1.66. The Bertz CT molecular complexity index is 548. The number of halogens is 2. The van der Waals surface area contributed by atoms with Gasteiger partial charge in [0.05, 0.1) is 0 Å².